The molecule has 0 saturated carbocycles. The van der Waals surface area contributed by atoms with Gasteiger partial charge in [-0.2, -0.15) is 15.3 Å². The minimum Gasteiger partial charge on any atom is -0.474 e. The number of hydrogen-bond acceptors (Lipinski definition) is 5. The van der Waals surface area contributed by atoms with E-state index in [1.54, 1.807) is 10.7 Å². The predicted octanol–water partition coefficient (Wildman–Crippen LogP) is 2.76. The maximum atomic E-state index is 9.18. The van der Waals surface area contributed by atoms with Gasteiger partial charge in [0.2, 0.25) is 5.88 Å². The Balaban J connectivity index is 2.34. The van der Waals surface area contributed by atoms with Crippen molar-refractivity contribution in [1.82, 2.24) is 19.6 Å². The van der Waals surface area contributed by atoms with E-state index in [9.17, 15) is 5.26 Å². The first-order valence-corrected chi connectivity index (χ1v) is 6.98. The summed E-state index contributed by atoms with van der Waals surface area (Å²) in [7, 11) is 0. The molecular formula is C16H15N5O. The Morgan fingerprint density at radius 2 is 2.14 bits per heavy atom. The molecule has 0 bridgehead atoms. The normalized spacial score (nSPS) is 10.9. The second-order valence-corrected chi connectivity index (χ2v) is 5.16. The summed E-state index contributed by atoms with van der Waals surface area (Å²) in [6.07, 6.45) is 3.20. The van der Waals surface area contributed by atoms with Crippen molar-refractivity contribution in [1.29, 1.82) is 5.26 Å². The lowest BCUT2D eigenvalue weighted by atomic mass is 10.1. The van der Waals surface area contributed by atoms with Crippen LogP contribution in [0.25, 0.3) is 16.9 Å². The summed E-state index contributed by atoms with van der Waals surface area (Å²) in [4.78, 5) is 8.88. The minimum absolute atomic E-state index is 0.0368. The van der Waals surface area contributed by atoms with Crippen LogP contribution in [0.3, 0.4) is 0 Å². The zero-order chi connectivity index (χ0) is 15.7. The van der Waals surface area contributed by atoms with E-state index >= 15 is 0 Å². The number of ether oxygens (including phenoxy) is 1. The van der Waals surface area contributed by atoms with Crippen molar-refractivity contribution < 1.29 is 4.74 Å². The highest BCUT2D eigenvalue weighted by atomic mass is 16.5. The van der Waals surface area contributed by atoms with Gasteiger partial charge in [-0.1, -0.05) is 6.07 Å². The molecule has 3 heterocycles. The van der Waals surface area contributed by atoms with Gasteiger partial charge in [-0.05, 0) is 32.9 Å². The summed E-state index contributed by atoms with van der Waals surface area (Å²) in [6.45, 7) is 5.79. The predicted molar refractivity (Wildman–Crippen MR) is 81.4 cm³/mol. The topological polar surface area (TPSA) is 76.1 Å². The van der Waals surface area contributed by atoms with E-state index in [0.29, 0.717) is 17.1 Å². The average Bonchev–Trinajstić information content (AvgIpc) is 2.91. The van der Waals surface area contributed by atoms with Crippen LogP contribution in [0.15, 0.2) is 30.6 Å². The van der Waals surface area contributed by atoms with Crippen LogP contribution in [0.4, 0.5) is 0 Å². The average molecular weight is 293 g/mol. The Morgan fingerprint density at radius 3 is 2.77 bits per heavy atom. The standard InChI is InChI=1S/C16H15N5O/c1-10(2)22-16-14(13-6-4-5-7-18-13)11(3)21-15(20-16)12(8-17)9-19-21/h4-7,9-10H,1-3H3. The molecule has 0 N–H and O–H groups in total. The Morgan fingerprint density at radius 1 is 1.32 bits per heavy atom. The van der Waals surface area contributed by atoms with Crippen molar-refractivity contribution in [2.75, 3.05) is 0 Å². The highest BCUT2D eigenvalue weighted by molar-refractivity contribution is 5.71. The van der Waals surface area contributed by atoms with Crippen LogP contribution in [-0.2, 0) is 0 Å². The van der Waals surface area contributed by atoms with Gasteiger partial charge >= 0.3 is 0 Å². The van der Waals surface area contributed by atoms with E-state index in [4.69, 9.17) is 4.74 Å². The van der Waals surface area contributed by atoms with Crippen LogP contribution in [0.1, 0.15) is 25.1 Å². The van der Waals surface area contributed by atoms with Gasteiger partial charge in [-0.15, -0.1) is 0 Å². The third-order valence-electron chi connectivity index (χ3n) is 3.23. The molecule has 0 aliphatic rings. The quantitative estimate of drug-likeness (QED) is 0.742. The number of rotatable bonds is 3. The fourth-order valence-electron chi connectivity index (χ4n) is 2.30. The Labute approximate surface area is 128 Å². The molecule has 3 aromatic rings. The number of aryl methyl sites for hydroxylation is 1. The second-order valence-electron chi connectivity index (χ2n) is 5.16. The number of hydrogen-bond donors (Lipinski definition) is 0. The highest BCUT2D eigenvalue weighted by Crippen LogP contribution is 2.32. The van der Waals surface area contributed by atoms with Crippen LogP contribution in [0.5, 0.6) is 5.88 Å². The van der Waals surface area contributed by atoms with Crippen molar-refractivity contribution in [3.05, 3.63) is 41.9 Å². The first-order valence-electron chi connectivity index (χ1n) is 6.98. The number of nitriles is 1. The summed E-state index contributed by atoms with van der Waals surface area (Å²) in [5.74, 6) is 0.468. The molecule has 6 heteroatoms. The van der Waals surface area contributed by atoms with Gasteiger partial charge < -0.3 is 4.74 Å². The second kappa shape index (κ2) is 5.45. The first kappa shape index (κ1) is 14.0. The minimum atomic E-state index is -0.0368. The molecule has 0 spiro atoms. The number of aromatic nitrogens is 4. The lowest BCUT2D eigenvalue weighted by Crippen LogP contribution is -2.11. The molecule has 6 nitrogen and oxygen atoms in total. The van der Waals surface area contributed by atoms with Gasteiger partial charge in [0.1, 0.15) is 11.6 Å². The SMILES string of the molecule is Cc1c(-c2ccccn2)c(OC(C)C)nc2c(C#N)cnn12. The summed E-state index contributed by atoms with van der Waals surface area (Å²) in [6, 6.07) is 7.77. The Bertz CT molecular complexity index is 862. The van der Waals surface area contributed by atoms with Gasteiger partial charge in [0.05, 0.1) is 29.3 Å². The van der Waals surface area contributed by atoms with Gasteiger partial charge in [-0.3, -0.25) is 4.98 Å². The summed E-state index contributed by atoms with van der Waals surface area (Å²) in [5, 5.41) is 13.4. The summed E-state index contributed by atoms with van der Waals surface area (Å²) < 4.78 is 7.50. The zero-order valence-corrected chi connectivity index (χ0v) is 12.6. The van der Waals surface area contributed by atoms with Gasteiger partial charge in [0, 0.05) is 6.20 Å². The van der Waals surface area contributed by atoms with Crippen molar-refractivity contribution in [3.63, 3.8) is 0 Å². The van der Waals surface area contributed by atoms with Crippen molar-refractivity contribution >= 4 is 5.65 Å². The van der Waals surface area contributed by atoms with Crippen LogP contribution in [0, 0.1) is 18.3 Å². The smallest absolute Gasteiger partial charge is 0.227 e. The molecule has 0 aliphatic heterocycles. The molecule has 0 unspecified atom stereocenters. The molecule has 3 aromatic heterocycles. The van der Waals surface area contributed by atoms with Crippen LogP contribution in [-0.4, -0.2) is 25.7 Å². The highest BCUT2D eigenvalue weighted by Gasteiger charge is 2.19. The number of fused-ring (bicyclic) bond motifs is 1. The van der Waals surface area contributed by atoms with Gasteiger partial charge in [0.15, 0.2) is 5.65 Å². The fraction of sp³-hybridized carbons (Fsp3) is 0.250. The molecule has 0 aliphatic carbocycles. The Hall–Kier alpha value is -2.94. The fourth-order valence-corrected chi connectivity index (χ4v) is 2.30. The molecule has 0 atom stereocenters. The molecule has 0 amide bonds. The van der Waals surface area contributed by atoms with E-state index in [-0.39, 0.29) is 6.10 Å². The lowest BCUT2D eigenvalue weighted by Gasteiger charge is -2.15. The van der Waals surface area contributed by atoms with E-state index in [1.165, 1.54) is 6.20 Å². The Kier molecular flexibility index (Phi) is 3.47. The van der Waals surface area contributed by atoms with E-state index in [2.05, 4.69) is 21.1 Å². The lowest BCUT2D eigenvalue weighted by molar-refractivity contribution is 0.234. The number of pyridine rings is 1. The summed E-state index contributed by atoms with van der Waals surface area (Å²) in [5.41, 5.74) is 3.30. The largest absolute Gasteiger partial charge is 0.474 e. The van der Waals surface area contributed by atoms with Gasteiger partial charge in [0.25, 0.3) is 0 Å². The third-order valence-corrected chi connectivity index (χ3v) is 3.23. The maximum Gasteiger partial charge on any atom is 0.227 e. The molecule has 22 heavy (non-hydrogen) atoms. The zero-order valence-electron chi connectivity index (χ0n) is 12.6. The van der Waals surface area contributed by atoms with Gasteiger partial charge in [-0.25, -0.2) is 4.52 Å². The molecular weight excluding hydrogens is 278 g/mol. The molecule has 0 saturated heterocycles. The molecule has 0 aromatic carbocycles. The van der Waals surface area contributed by atoms with E-state index in [0.717, 1.165) is 17.0 Å². The van der Waals surface area contributed by atoms with Crippen LogP contribution >= 0.6 is 0 Å². The van der Waals surface area contributed by atoms with E-state index < -0.39 is 0 Å². The molecule has 0 radical (unpaired) electrons. The van der Waals surface area contributed by atoms with Crippen LogP contribution < -0.4 is 4.74 Å². The molecule has 110 valence electrons. The van der Waals surface area contributed by atoms with Crippen molar-refractivity contribution in [3.8, 4) is 23.2 Å². The van der Waals surface area contributed by atoms with E-state index in [1.807, 2.05) is 39.0 Å². The number of nitrogens with zero attached hydrogens (tertiary/aromatic N) is 5. The van der Waals surface area contributed by atoms with Crippen molar-refractivity contribution in [2.24, 2.45) is 0 Å². The van der Waals surface area contributed by atoms with Crippen molar-refractivity contribution in [2.45, 2.75) is 26.9 Å². The first-order chi connectivity index (χ1) is 10.6. The molecule has 3 rings (SSSR count). The third kappa shape index (κ3) is 2.27. The maximum absolute atomic E-state index is 9.18. The molecule has 0 fully saturated rings. The summed E-state index contributed by atoms with van der Waals surface area (Å²) >= 11 is 0. The van der Waals surface area contributed by atoms with Crippen LogP contribution in [0.2, 0.25) is 0 Å². The monoisotopic (exact) mass is 293 g/mol.